The van der Waals surface area contributed by atoms with Crippen LogP contribution in [0.4, 0.5) is 0 Å². The topological polar surface area (TPSA) is 82.4 Å². The van der Waals surface area contributed by atoms with E-state index in [4.69, 9.17) is 17.3 Å². The molecule has 7 heteroatoms. The Kier molecular flexibility index (Phi) is 3.80. The number of hydrogen-bond acceptors (Lipinski definition) is 3. The standard InChI is InChI=1S/C15H17ClN4O2/c1-19-4-5-20(8-13(19)14(17)21)15(22)12-7-9-6-10(16)2-3-11(9)18-12/h2-3,6-7,13,18H,4-5,8H2,1H3,(H2,17,21). The summed E-state index contributed by atoms with van der Waals surface area (Å²) in [6.45, 7) is 1.49. The van der Waals surface area contributed by atoms with Gasteiger partial charge in [0, 0.05) is 35.6 Å². The van der Waals surface area contributed by atoms with E-state index >= 15 is 0 Å². The predicted molar refractivity (Wildman–Crippen MR) is 84.8 cm³/mol. The Hall–Kier alpha value is -2.05. The Balaban J connectivity index is 1.84. The van der Waals surface area contributed by atoms with Gasteiger partial charge in [0.15, 0.2) is 0 Å². The maximum absolute atomic E-state index is 12.6. The molecule has 0 saturated carbocycles. The number of halogens is 1. The molecule has 6 nitrogen and oxygen atoms in total. The third-order valence-electron chi connectivity index (χ3n) is 4.08. The number of primary amides is 1. The van der Waals surface area contributed by atoms with Crippen molar-refractivity contribution in [1.82, 2.24) is 14.8 Å². The number of aromatic nitrogens is 1. The monoisotopic (exact) mass is 320 g/mol. The molecule has 0 aliphatic carbocycles. The molecular weight excluding hydrogens is 304 g/mol. The molecule has 1 atom stereocenters. The van der Waals surface area contributed by atoms with Crippen molar-refractivity contribution in [2.75, 3.05) is 26.7 Å². The lowest BCUT2D eigenvalue weighted by molar-refractivity contribution is -0.124. The Morgan fingerprint density at radius 3 is 2.82 bits per heavy atom. The molecule has 2 amide bonds. The molecule has 2 heterocycles. The summed E-state index contributed by atoms with van der Waals surface area (Å²) in [6.07, 6.45) is 0. The Morgan fingerprint density at radius 1 is 1.32 bits per heavy atom. The van der Waals surface area contributed by atoms with Crippen LogP contribution in [0.15, 0.2) is 24.3 Å². The van der Waals surface area contributed by atoms with Crippen molar-refractivity contribution in [3.8, 4) is 0 Å². The van der Waals surface area contributed by atoms with E-state index in [0.29, 0.717) is 30.4 Å². The summed E-state index contributed by atoms with van der Waals surface area (Å²) in [4.78, 5) is 30.7. The number of piperazine rings is 1. The van der Waals surface area contributed by atoms with Crippen LogP contribution >= 0.6 is 11.6 Å². The molecule has 3 N–H and O–H groups in total. The molecule has 1 aliphatic rings. The molecule has 0 radical (unpaired) electrons. The lowest BCUT2D eigenvalue weighted by Gasteiger charge is -2.37. The molecule has 1 aromatic carbocycles. The van der Waals surface area contributed by atoms with Crippen LogP contribution in [0.1, 0.15) is 10.5 Å². The minimum atomic E-state index is -0.448. The van der Waals surface area contributed by atoms with Crippen molar-refractivity contribution in [2.45, 2.75) is 6.04 Å². The molecule has 0 bridgehead atoms. The molecule has 1 fully saturated rings. The largest absolute Gasteiger partial charge is 0.368 e. The Labute approximate surface area is 132 Å². The number of fused-ring (bicyclic) bond motifs is 1. The summed E-state index contributed by atoms with van der Waals surface area (Å²) in [5, 5.41) is 1.51. The molecule has 1 aromatic heterocycles. The first-order valence-electron chi connectivity index (χ1n) is 7.03. The molecule has 2 aromatic rings. The number of benzene rings is 1. The first kappa shape index (κ1) is 14.9. The second-order valence-electron chi connectivity index (χ2n) is 5.56. The van der Waals surface area contributed by atoms with Crippen molar-refractivity contribution >= 4 is 34.3 Å². The minimum Gasteiger partial charge on any atom is -0.368 e. The van der Waals surface area contributed by atoms with Gasteiger partial charge in [-0.25, -0.2) is 0 Å². The van der Waals surface area contributed by atoms with Gasteiger partial charge in [-0.3, -0.25) is 14.5 Å². The van der Waals surface area contributed by atoms with Gasteiger partial charge in [0.2, 0.25) is 5.91 Å². The highest BCUT2D eigenvalue weighted by atomic mass is 35.5. The smallest absolute Gasteiger partial charge is 0.270 e. The van der Waals surface area contributed by atoms with Crippen LogP contribution in [-0.4, -0.2) is 59.3 Å². The number of rotatable bonds is 2. The van der Waals surface area contributed by atoms with Crippen molar-refractivity contribution in [1.29, 1.82) is 0 Å². The fraction of sp³-hybridized carbons (Fsp3) is 0.333. The number of nitrogens with two attached hydrogens (primary N) is 1. The fourth-order valence-electron chi connectivity index (χ4n) is 2.75. The molecule has 1 saturated heterocycles. The molecule has 22 heavy (non-hydrogen) atoms. The lowest BCUT2D eigenvalue weighted by Crippen LogP contribution is -2.57. The zero-order valence-corrected chi connectivity index (χ0v) is 12.9. The molecule has 1 unspecified atom stereocenters. The summed E-state index contributed by atoms with van der Waals surface area (Å²) >= 11 is 5.96. The van der Waals surface area contributed by atoms with Crippen LogP contribution in [0.5, 0.6) is 0 Å². The number of likely N-dealkylation sites (N-methyl/N-ethyl adjacent to an activating group) is 1. The third-order valence-corrected chi connectivity index (χ3v) is 4.31. The van der Waals surface area contributed by atoms with E-state index < -0.39 is 11.9 Å². The molecular formula is C15H17ClN4O2. The van der Waals surface area contributed by atoms with E-state index in [1.807, 2.05) is 18.0 Å². The molecule has 0 spiro atoms. The van der Waals surface area contributed by atoms with Crippen LogP contribution in [0, 0.1) is 0 Å². The quantitative estimate of drug-likeness (QED) is 0.868. The number of H-pyrrole nitrogens is 1. The second-order valence-corrected chi connectivity index (χ2v) is 6.00. The zero-order valence-electron chi connectivity index (χ0n) is 12.2. The first-order valence-corrected chi connectivity index (χ1v) is 7.40. The number of nitrogens with one attached hydrogen (secondary N) is 1. The van der Waals surface area contributed by atoms with Crippen LogP contribution in [0.3, 0.4) is 0 Å². The van der Waals surface area contributed by atoms with E-state index in [9.17, 15) is 9.59 Å². The molecule has 116 valence electrons. The highest BCUT2D eigenvalue weighted by Crippen LogP contribution is 2.21. The highest BCUT2D eigenvalue weighted by molar-refractivity contribution is 6.31. The van der Waals surface area contributed by atoms with Crippen LogP contribution in [0.2, 0.25) is 5.02 Å². The number of carbonyl (C=O) groups is 2. The van der Waals surface area contributed by atoms with Crippen molar-refractivity contribution in [3.05, 3.63) is 35.0 Å². The van der Waals surface area contributed by atoms with Gasteiger partial charge < -0.3 is 15.6 Å². The zero-order chi connectivity index (χ0) is 15.9. The van der Waals surface area contributed by atoms with Gasteiger partial charge in [0.05, 0.1) is 0 Å². The number of carbonyl (C=O) groups excluding carboxylic acids is 2. The average molecular weight is 321 g/mol. The SMILES string of the molecule is CN1CCN(C(=O)c2cc3cc(Cl)ccc3[nH]2)CC1C(N)=O. The second kappa shape index (κ2) is 5.62. The van der Waals surface area contributed by atoms with E-state index in [1.54, 1.807) is 23.1 Å². The number of nitrogens with zero attached hydrogens (tertiary/aromatic N) is 2. The van der Waals surface area contributed by atoms with Crippen LogP contribution in [0.25, 0.3) is 10.9 Å². The van der Waals surface area contributed by atoms with Gasteiger partial charge in [-0.05, 0) is 31.3 Å². The Bertz CT molecular complexity index is 742. The maximum Gasteiger partial charge on any atom is 0.270 e. The van der Waals surface area contributed by atoms with E-state index in [1.165, 1.54) is 0 Å². The van der Waals surface area contributed by atoms with Gasteiger partial charge >= 0.3 is 0 Å². The summed E-state index contributed by atoms with van der Waals surface area (Å²) in [5.41, 5.74) is 6.74. The van der Waals surface area contributed by atoms with E-state index in [2.05, 4.69) is 4.98 Å². The summed E-state index contributed by atoms with van der Waals surface area (Å²) in [7, 11) is 1.84. The average Bonchev–Trinajstić information content (AvgIpc) is 2.89. The van der Waals surface area contributed by atoms with Gasteiger partial charge in [-0.15, -0.1) is 0 Å². The third kappa shape index (κ3) is 2.67. The van der Waals surface area contributed by atoms with Crippen molar-refractivity contribution in [3.63, 3.8) is 0 Å². The van der Waals surface area contributed by atoms with E-state index in [0.717, 1.165) is 10.9 Å². The predicted octanol–water partition coefficient (Wildman–Crippen LogP) is 1.06. The summed E-state index contributed by atoms with van der Waals surface area (Å²) in [6, 6.07) is 6.75. The fourth-order valence-corrected chi connectivity index (χ4v) is 2.93. The minimum absolute atomic E-state index is 0.133. The van der Waals surface area contributed by atoms with Gasteiger partial charge in [-0.1, -0.05) is 11.6 Å². The van der Waals surface area contributed by atoms with Gasteiger partial charge in [0.25, 0.3) is 5.91 Å². The van der Waals surface area contributed by atoms with Crippen LogP contribution in [-0.2, 0) is 4.79 Å². The molecule has 1 aliphatic heterocycles. The highest BCUT2D eigenvalue weighted by Gasteiger charge is 2.31. The van der Waals surface area contributed by atoms with Crippen molar-refractivity contribution in [2.24, 2.45) is 5.73 Å². The summed E-state index contributed by atoms with van der Waals surface area (Å²) in [5.74, 6) is -0.546. The van der Waals surface area contributed by atoms with Gasteiger partial charge in [-0.2, -0.15) is 0 Å². The Morgan fingerprint density at radius 2 is 2.09 bits per heavy atom. The first-order chi connectivity index (χ1) is 10.5. The van der Waals surface area contributed by atoms with Crippen molar-refractivity contribution < 1.29 is 9.59 Å². The van der Waals surface area contributed by atoms with Crippen LogP contribution < -0.4 is 5.73 Å². The maximum atomic E-state index is 12.6. The number of amides is 2. The van der Waals surface area contributed by atoms with E-state index in [-0.39, 0.29) is 5.91 Å². The summed E-state index contributed by atoms with van der Waals surface area (Å²) < 4.78 is 0. The number of hydrogen-bond donors (Lipinski definition) is 2. The normalized spacial score (nSPS) is 19.5. The molecule has 3 rings (SSSR count). The number of aromatic amines is 1. The van der Waals surface area contributed by atoms with Gasteiger partial charge in [0.1, 0.15) is 11.7 Å². The lowest BCUT2D eigenvalue weighted by atomic mass is 10.1.